The van der Waals surface area contributed by atoms with Crippen LogP contribution in [0.15, 0.2) is 16.0 Å². The average molecular weight is 218 g/mol. The number of H-pyrrole nitrogens is 1. The smallest absolute Gasteiger partial charge is 0.742 e. The molecule has 7 N–H and O–H groups in total. The molecule has 0 saturated carbocycles. The van der Waals surface area contributed by atoms with Gasteiger partial charge < -0.3 is 34.0 Å². The molecule has 72 valence electrons. The first-order valence-electron chi connectivity index (χ1n) is 2.43. The summed E-state index contributed by atoms with van der Waals surface area (Å²) in [5.41, 5.74) is 0.469. The summed E-state index contributed by atoms with van der Waals surface area (Å²) in [5, 5.41) is 0.250. The van der Waals surface area contributed by atoms with Crippen LogP contribution >= 0.6 is 0 Å². The Balaban J connectivity index is -0.000000101. The van der Waals surface area contributed by atoms with Crippen molar-refractivity contribution in [3.63, 3.8) is 0 Å². The quantitative estimate of drug-likeness (QED) is 0.264. The second kappa shape index (κ2) is 10.1. The van der Waals surface area contributed by atoms with E-state index in [1.54, 1.807) is 6.92 Å². The Morgan fingerprint density at radius 3 is 2.15 bits per heavy atom. The average Bonchev–Trinajstić information content (AvgIpc) is 1.59. The third-order valence-corrected chi connectivity index (χ3v) is 1.04. The molecule has 0 aliphatic carbocycles. The van der Waals surface area contributed by atoms with E-state index in [-0.39, 0.29) is 56.7 Å². The standard InChI is InChI=1S/C5H6N2OS.Na.3H2O/c1-3-2-4(8)7-5(9)6-3;;;;/h2H,1H3,(H2,6,7,8,9);;3*1H2/q;+1;;;/p-1. The van der Waals surface area contributed by atoms with E-state index in [1.807, 2.05) is 0 Å². The Bertz CT molecular complexity index is 256. The van der Waals surface area contributed by atoms with Gasteiger partial charge in [0.2, 0.25) is 5.56 Å². The Labute approximate surface area is 102 Å². The van der Waals surface area contributed by atoms with Crippen molar-refractivity contribution in [1.29, 1.82) is 0 Å². The van der Waals surface area contributed by atoms with Gasteiger partial charge >= 0.3 is 29.6 Å². The van der Waals surface area contributed by atoms with E-state index < -0.39 is 0 Å². The zero-order valence-corrected chi connectivity index (χ0v) is 10.2. The number of nitrogens with one attached hydrogen (secondary N) is 1. The van der Waals surface area contributed by atoms with Gasteiger partial charge in [0, 0.05) is 11.8 Å². The predicted octanol–water partition coefficient (Wildman–Crippen LogP) is -5.49. The first-order valence-corrected chi connectivity index (χ1v) is 2.84. The Morgan fingerprint density at radius 1 is 1.38 bits per heavy atom. The summed E-state index contributed by atoms with van der Waals surface area (Å²) in [4.78, 5) is 16.7. The van der Waals surface area contributed by atoms with Gasteiger partial charge in [-0.05, 0) is 12.1 Å². The number of rotatable bonds is 0. The van der Waals surface area contributed by atoms with Gasteiger partial charge in [-0.2, -0.15) is 0 Å². The fourth-order valence-electron chi connectivity index (χ4n) is 0.552. The van der Waals surface area contributed by atoms with Crippen molar-refractivity contribution in [1.82, 2.24) is 9.97 Å². The monoisotopic (exact) mass is 218 g/mol. The van der Waals surface area contributed by atoms with Crippen molar-refractivity contribution in [3.05, 3.63) is 22.1 Å². The van der Waals surface area contributed by atoms with Crippen molar-refractivity contribution in [2.45, 2.75) is 12.1 Å². The number of aromatic nitrogens is 2. The van der Waals surface area contributed by atoms with Crippen molar-refractivity contribution >= 4 is 12.6 Å². The van der Waals surface area contributed by atoms with Gasteiger partial charge in [0.05, 0.1) is 0 Å². The minimum absolute atomic E-state index is 0. The zero-order chi connectivity index (χ0) is 6.85. The third-order valence-electron chi connectivity index (χ3n) is 0.848. The van der Waals surface area contributed by atoms with Crippen LogP contribution in [-0.2, 0) is 12.6 Å². The predicted molar refractivity (Wildman–Crippen MR) is 46.1 cm³/mol. The van der Waals surface area contributed by atoms with Crippen molar-refractivity contribution in [3.8, 4) is 0 Å². The van der Waals surface area contributed by atoms with E-state index in [4.69, 9.17) is 0 Å². The maximum absolute atomic E-state index is 10.5. The molecule has 0 unspecified atom stereocenters. The van der Waals surface area contributed by atoms with Crippen molar-refractivity contribution < 1.29 is 46.0 Å². The molecule has 0 atom stereocenters. The number of hydrogen-bond acceptors (Lipinski definition) is 3. The summed E-state index contributed by atoms with van der Waals surface area (Å²) in [6.07, 6.45) is 0. The van der Waals surface area contributed by atoms with Crippen LogP contribution in [0.1, 0.15) is 5.69 Å². The molecule has 8 heteroatoms. The number of nitrogens with zero attached hydrogens (tertiary/aromatic N) is 1. The normalized spacial score (nSPS) is 6.54. The molecule has 0 aromatic carbocycles. The second-order valence-corrected chi connectivity index (χ2v) is 2.08. The molecular formula is C5H11N2NaO4S. The Kier molecular flexibility index (Phi) is 17.9. The van der Waals surface area contributed by atoms with Gasteiger partial charge in [-0.15, -0.1) is 0 Å². The van der Waals surface area contributed by atoms with Crippen LogP contribution in [0.3, 0.4) is 0 Å². The molecule has 13 heavy (non-hydrogen) atoms. The fourth-order valence-corrected chi connectivity index (χ4v) is 0.796. The molecule has 0 aliphatic heterocycles. The molecule has 0 amide bonds. The number of aromatic amines is 1. The van der Waals surface area contributed by atoms with Crippen LogP contribution in [0.4, 0.5) is 0 Å². The summed E-state index contributed by atoms with van der Waals surface area (Å²) < 4.78 is 0. The SMILES string of the molecule is Cc1cc(=O)[nH]c([S-])n1.O.O.O.[Na+]. The summed E-state index contributed by atoms with van der Waals surface area (Å²) >= 11 is 4.62. The van der Waals surface area contributed by atoms with Gasteiger partial charge in [-0.1, -0.05) is 0 Å². The van der Waals surface area contributed by atoms with Crippen LogP contribution in [0.25, 0.3) is 0 Å². The van der Waals surface area contributed by atoms with Crippen LogP contribution < -0.4 is 35.1 Å². The molecule has 1 heterocycles. The van der Waals surface area contributed by atoms with Gasteiger partial charge in [0.25, 0.3) is 0 Å². The molecule has 0 aliphatic rings. The third kappa shape index (κ3) is 8.31. The Hall–Kier alpha value is -0.0200. The van der Waals surface area contributed by atoms with Crippen LogP contribution in [0.5, 0.6) is 0 Å². The van der Waals surface area contributed by atoms with E-state index >= 15 is 0 Å². The van der Waals surface area contributed by atoms with Crippen LogP contribution in [0, 0.1) is 6.92 Å². The van der Waals surface area contributed by atoms with Gasteiger partial charge in [0.1, 0.15) is 0 Å². The molecule has 6 nitrogen and oxygen atoms in total. The second-order valence-electron chi connectivity index (χ2n) is 1.69. The summed E-state index contributed by atoms with van der Waals surface area (Å²) in [6.45, 7) is 1.73. The van der Waals surface area contributed by atoms with Gasteiger partial charge in [-0.3, -0.25) is 9.78 Å². The van der Waals surface area contributed by atoms with Crippen molar-refractivity contribution in [2.75, 3.05) is 0 Å². The topological polar surface area (TPSA) is 140 Å². The van der Waals surface area contributed by atoms with E-state index in [0.717, 1.165) is 0 Å². The van der Waals surface area contributed by atoms with Crippen LogP contribution in [0.2, 0.25) is 0 Å². The van der Waals surface area contributed by atoms with Crippen molar-refractivity contribution in [2.24, 2.45) is 0 Å². The van der Waals surface area contributed by atoms with E-state index in [2.05, 4.69) is 22.6 Å². The summed E-state index contributed by atoms with van der Waals surface area (Å²) in [5.74, 6) is 0. The minimum Gasteiger partial charge on any atom is -0.742 e. The van der Waals surface area contributed by atoms with E-state index in [0.29, 0.717) is 5.69 Å². The largest absolute Gasteiger partial charge is 1.00 e. The summed E-state index contributed by atoms with van der Waals surface area (Å²) in [7, 11) is 0. The maximum Gasteiger partial charge on any atom is 1.00 e. The summed E-state index contributed by atoms with van der Waals surface area (Å²) in [6, 6.07) is 1.40. The number of hydrogen-bond donors (Lipinski definition) is 1. The molecule has 0 spiro atoms. The molecule has 0 fully saturated rings. The molecule has 0 radical (unpaired) electrons. The van der Waals surface area contributed by atoms with E-state index in [9.17, 15) is 4.79 Å². The number of aryl methyl sites for hydroxylation is 1. The molecular weight excluding hydrogens is 207 g/mol. The fraction of sp³-hybridized carbons (Fsp3) is 0.200. The first kappa shape index (κ1) is 23.1. The molecule has 1 aromatic heterocycles. The van der Waals surface area contributed by atoms with E-state index in [1.165, 1.54) is 6.07 Å². The molecule has 1 aromatic rings. The zero-order valence-electron chi connectivity index (χ0n) is 7.34. The molecule has 0 saturated heterocycles. The first-order chi connectivity index (χ1) is 4.18. The maximum atomic E-state index is 10.5. The van der Waals surface area contributed by atoms with Crippen LogP contribution in [-0.4, -0.2) is 26.4 Å². The van der Waals surface area contributed by atoms with Gasteiger partial charge in [0.15, 0.2) is 0 Å². The molecule has 1 rings (SSSR count). The molecule has 0 bridgehead atoms. The minimum atomic E-state index is -0.187. The van der Waals surface area contributed by atoms with Gasteiger partial charge in [-0.25, -0.2) is 0 Å². The Morgan fingerprint density at radius 2 is 1.85 bits per heavy atom.